The molecular weight excluding hydrogens is 396 g/mol. The van der Waals surface area contributed by atoms with E-state index in [-0.39, 0.29) is 5.91 Å². The van der Waals surface area contributed by atoms with Gasteiger partial charge in [-0.2, -0.15) is 0 Å². The average Bonchev–Trinajstić information content (AvgIpc) is 3.43. The predicted molar refractivity (Wildman–Crippen MR) is 116 cm³/mol. The molecule has 1 spiro atoms. The molecule has 0 aliphatic carbocycles. The van der Waals surface area contributed by atoms with Crippen LogP contribution in [0.1, 0.15) is 48.6 Å². The highest BCUT2D eigenvalue weighted by molar-refractivity contribution is 5.91. The van der Waals surface area contributed by atoms with Crippen LogP contribution in [0.2, 0.25) is 0 Å². The minimum Gasteiger partial charge on any atom is -0.497 e. The van der Waals surface area contributed by atoms with Gasteiger partial charge in [-0.3, -0.25) is 9.69 Å². The molecule has 2 aliphatic heterocycles. The molecule has 168 valence electrons. The summed E-state index contributed by atoms with van der Waals surface area (Å²) in [4.78, 5) is 17.1. The smallest absolute Gasteiger partial charge is 0.289 e. The Morgan fingerprint density at radius 2 is 1.87 bits per heavy atom. The van der Waals surface area contributed by atoms with Gasteiger partial charge in [0.15, 0.2) is 11.5 Å². The number of piperidine rings is 1. The third-order valence-electron chi connectivity index (χ3n) is 6.11. The van der Waals surface area contributed by atoms with E-state index in [0.29, 0.717) is 57.5 Å². The zero-order valence-corrected chi connectivity index (χ0v) is 18.6. The number of nitrogens with zero attached hydrogens (tertiary/aromatic N) is 2. The van der Waals surface area contributed by atoms with Gasteiger partial charge in [0.25, 0.3) is 5.91 Å². The Kier molecular flexibility index (Phi) is 6.65. The van der Waals surface area contributed by atoms with Crippen molar-refractivity contribution in [1.82, 2.24) is 9.80 Å². The number of rotatable bonds is 7. The van der Waals surface area contributed by atoms with Gasteiger partial charge in [0.05, 0.1) is 26.9 Å². The largest absolute Gasteiger partial charge is 0.497 e. The number of likely N-dealkylation sites (tertiary alicyclic amines) is 1. The molecule has 0 saturated carbocycles. The van der Waals surface area contributed by atoms with Crippen molar-refractivity contribution in [2.75, 3.05) is 33.4 Å². The van der Waals surface area contributed by atoms with E-state index in [4.69, 9.17) is 18.6 Å². The van der Waals surface area contributed by atoms with E-state index < -0.39 is 5.79 Å². The molecule has 1 aromatic carbocycles. The highest BCUT2D eigenvalue weighted by atomic mass is 16.7. The van der Waals surface area contributed by atoms with Gasteiger partial charge in [0.1, 0.15) is 11.5 Å². The number of ether oxygens (including phenoxy) is 3. The van der Waals surface area contributed by atoms with E-state index in [1.165, 1.54) is 5.56 Å². The van der Waals surface area contributed by atoms with Crippen molar-refractivity contribution in [1.29, 1.82) is 0 Å². The fraction of sp³-hybridized carbons (Fsp3) is 0.542. The minimum absolute atomic E-state index is 0.0667. The van der Waals surface area contributed by atoms with Gasteiger partial charge in [0.2, 0.25) is 0 Å². The molecule has 2 fully saturated rings. The Morgan fingerprint density at radius 1 is 1.13 bits per heavy atom. The van der Waals surface area contributed by atoms with Crippen molar-refractivity contribution in [3.8, 4) is 5.75 Å². The summed E-state index contributed by atoms with van der Waals surface area (Å²) in [5, 5.41) is 0. The van der Waals surface area contributed by atoms with E-state index in [1.54, 1.807) is 13.2 Å². The zero-order chi connectivity index (χ0) is 21.8. The average molecular weight is 429 g/mol. The van der Waals surface area contributed by atoms with Crippen molar-refractivity contribution < 1.29 is 23.4 Å². The Morgan fingerprint density at radius 3 is 2.55 bits per heavy atom. The summed E-state index contributed by atoms with van der Waals surface area (Å²) in [5.74, 6) is 1.48. The molecular formula is C24H32N2O5. The standard InChI is InChI=1S/C24H32N2O5/c1-18(2)26(16-19-5-4-6-20(15-19)28-3)17-21-7-8-22(31-21)23(27)25-11-9-24(10-12-25)29-13-14-30-24/h4-8,15,18H,9-14,16-17H2,1-3H3. The number of carbonyl (C=O) groups excluding carboxylic acids is 1. The van der Waals surface area contributed by atoms with E-state index >= 15 is 0 Å². The molecule has 0 atom stereocenters. The first kappa shape index (κ1) is 21.9. The van der Waals surface area contributed by atoms with Crippen LogP contribution in [0, 0.1) is 0 Å². The van der Waals surface area contributed by atoms with Gasteiger partial charge in [-0.1, -0.05) is 12.1 Å². The van der Waals surface area contributed by atoms with Gasteiger partial charge in [-0.05, 0) is 43.7 Å². The second kappa shape index (κ2) is 9.42. The number of amides is 1. The van der Waals surface area contributed by atoms with Crippen LogP contribution in [-0.2, 0) is 22.6 Å². The molecule has 0 unspecified atom stereocenters. The van der Waals surface area contributed by atoms with Gasteiger partial charge in [-0.25, -0.2) is 0 Å². The summed E-state index contributed by atoms with van der Waals surface area (Å²) in [6.07, 6.45) is 1.40. The molecule has 7 nitrogen and oxygen atoms in total. The van der Waals surface area contributed by atoms with Crippen molar-refractivity contribution in [3.63, 3.8) is 0 Å². The van der Waals surface area contributed by atoms with Crippen molar-refractivity contribution >= 4 is 5.91 Å². The van der Waals surface area contributed by atoms with Crippen molar-refractivity contribution in [2.45, 2.75) is 51.6 Å². The molecule has 1 amide bonds. The monoisotopic (exact) mass is 428 g/mol. The number of furan rings is 1. The van der Waals surface area contributed by atoms with E-state index in [1.807, 2.05) is 29.2 Å². The second-order valence-corrected chi connectivity index (χ2v) is 8.52. The lowest BCUT2D eigenvalue weighted by Crippen LogP contribution is -2.47. The lowest BCUT2D eigenvalue weighted by atomic mass is 10.0. The van der Waals surface area contributed by atoms with Crippen LogP contribution in [0.4, 0.5) is 0 Å². The lowest BCUT2D eigenvalue weighted by Gasteiger charge is -2.37. The maximum atomic E-state index is 12.9. The van der Waals surface area contributed by atoms with E-state index in [2.05, 4.69) is 24.8 Å². The molecule has 2 saturated heterocycles. The molecule has 3 heterocycles. The van der Waals surface area contributed by atoms with Crippen molar-refractivity contribution in [3.05, 3.63) is 53.5 Å². The minimum atomic E-state index is -0.483. The number of hydrogen-bond donors (Lipinski definition) is 0. The molecule has 2 aromatic rings. The number of methoxy groups -OCH3 is 1. The quantitative estimate of drug-likeness (QED) is 0.670. The Bertz CT molecular complexity index is 878. The topological polar surface area (TPSA) is 64.4 Å². The Balaban J connectivity index is 1.37. The highest BCUT2D eigenvalue weighted by Gasteiger charge is 2.41. The van der Waals surface area contributed by atoms with Gasteiger partial charge >= 0.3 is 0 Å². The van der Waals surface area contributed by atoms with Crippen LogP contribution in [0.15, 0.2) is 40.8 Å². The van der Waals surface area contributed by atoms with E-state index in [0.717, 1.165) is 18.1 Å². The molecule has 2 aliphatic rings. The third kappa shape index (κ3) is 5.11. The van der Waals surface area contributed by atoms with Crippen LogP contribution in [0.25, 0.3) is 0 Å². The summed E-state index contributed by atoms with van der Waals surface area (Å²) >= 11 is 0. The maximum absolute atomic E-state index is 12.9. The third-order valence-corrected chi connectivity index (χ3v) is 6.11. The lowest BCUT2D eigenvalue weighted by molar-refractivity contribution is -0.181. The normalized spacial score (nSPS) is 18.3. The second-order valence-electron chi connectivity index (χ2n) is 8.52. The van der Waals surface area contributed by atoms with Crippen LogP contribution < -0.4 is 4.74 Å². The van der Waals surface area contributed by atoms with E-state index in [9.17, 15) is 4.79 Å². The predicted octanol–water partition coefficient (Wildman–Crippen LogP) is 3.68. The summed E-state index contributed by atoms with van der Waals surface area (Å²) in [7, 11) is 1.68. The molecule has 31 heavy (non-hydrogen) atoms. The summed E-state index contributed by atoms with van der Waals surface area (Å²) in [5.41, 5.74) is 1.18. The fourth-order valence-corrected chi connectivity index (χ4v) is 4.20. The van der Waals surface area contributed by atoms with Gasteiger partial charge in [0, 0.05) is 38.5 Å². The molecule has 0 radical (unpaired) electrons. The van der Waals surface area contributed by atoms with Gasteiger partial charge < -0.3 is 23.5 Å². The number of benzene rings is 1. The summed E-state index contributed by atoms with van der Waals surface area (Å²) < 4.78 is 22.8. The SMILES string of the molecule is COc1cccc(CN(Cc2ccc(C(=O)N3CCC4(CC3)OCCO4)o2)C(C)C)c1. The number of carbonyl (C=O) groups is 1. The number of hydrogen-bond acceptors (Lipinski definition) is 6. The van der Waals surface area contributed by atoms with Crippen molar-refractivity contribution in [2.24, 2.45) is 0 Å². The maximum Gasteiger partial charge on any atom is 0.289 e. The molecule has 7 heteroatoms. The van der Waals surface area contributed by atoms with Crippen LogP contribution >= 0.6 is 0 Å². The van der Waals surface area contributed by atoms with Crippen LogP contribution in [-0.4, -0.2) is 60.9 Å². The van der Waals surface area contributed by atoms with Gasteiger partial charge in [-0.15, -0.1) is 0 Å². The highest BCUT2D eigenvalue weighted by Crippen LogP contribution is 2.32. The fourth-order valence-electron chi connectivity index (χ4n) is 4.20. The Labute approximate surface area is 183 Å². The molecule has 4 rings (SSSR count). The molecule has 1 aromatic heterocycles. The van der Waals surface area contributed by atoms with Crippen LogP contribution in [0.5, 0.6) is 5.75 Å². The first-order valence-corrected chi connectivity index (χ1v) is 11.0. The Hall–Kier alpha value is -2.35. The molecule has 0 bridgehead atoms. The first-order chi connectivity index (χ1) is 15.0. The first-order valence-electron chi connectivity index (χ1n) is 11.0. The zero-order valence-electron chi connectivity index (χ0n) is 18.6. The summed E-state index contributed by atoms with van der Waals surface area (Å²) in [6.45, 7) is 8.22. The summed E-state index contributed by atoms with van der Waals surface area (Å²) in [6, 6.07) is 12.1. The van der Waals surface area contributed by atoms with Crippen LogP contribution in [0.3, 0.4) is 0 Å². The molecule has 0 N–H and O–H groups in total.